The first-order chi connectivity index (χ1) is 6.20. The Bertz CT molecular complexity index is 165. The summed E-state index contributed by atoms with van der Waals surface area (Å²) >= 11 is 0. The number of amides is 1. The third-order valence-electron chi connectivity index (χ3n) is 1.92. The van der Waals surface area contributed by atoms with Crippen molar-refractivity contribution in [2.75, 3.05) is 26.3 Å². The molecule has 1 saturated heterocycles. The van der Waals surface area contributed by atoms with Gasteiger partial charge in [0.15, 0.2) is 0 Å². The molecule has 0 spiro atoms. The first kappa shape index (κ1) is 10.5. The minimum Gasteiger partial charge on any atom is -0.378 e. The van der Waals surface area contributed by atoms with E-state index in [4.69, 9.17) is 4.74 Å². The van der Waals surface area contributed by atoms with E-state index in [1.54, 1.807) is 0 Å². The number of rotatable bonds is 3. The molecule has 0 bridgehead atoms. The van der Waals surface area contributed by atoms with Gasteiger partial charge in [-0.2, -0.15) is 0 Å². The number of ether oxygens (including phenoxy) is 1. The molecule has 13 heavy (non-hydrogen) atoms. The predicted octanol–water partition coefficient (Wildman–Crippen LogP) is -0.253. The highest BCUT2D eigenvalue weighted by Gasteiger charge is 2.20. The molecule has 1 fully saturated rings. The Hall–Kier alpha value is -0.610. The lowest BCUT2D eigenvalue weighted by atomic mass is 10.2. The topological polar surface area (TPSA) is 50.4 Å². The van der Waals surface area contributed by atoms with Crippen LogP contribution in [0.15, 0.2) is 0 Å². The molecule has 0 aromatic rings. The van der Waals surface area contributed by atoms with Crippen molar-refractivity contribution in [1.82, 2.24) is 10.6 Å². The molecule has 0 aromatic heterocycles. The van der Waals surface area contributed by atoms with Crippen molar-refractivity contribution in [2.45, 2.75) is 19.9 Å². The van der Waals surface area contributed by atoms with Gasteiger partial charge in [0.1, 0.15) is 6.04 Å². The third-order valence-corrected chi connectivity index (χ3v) is 1.92. The fourth-order valence-electron chi connectivity index (χ4n) is 1.16. The van der Waals surface area contributed by atoms with Crippen LogP contribution in [0.5, 0.6) is 0 Å². The van der Waals surface area contributed by atoms with E-state index in [1.807, 2.05) is 0 Å². The van der Waals surface area contributed by atoms with Gasteiger partial charge in [-0.25, -0.2) is 0 Å². The number of hydrogen-bond acceptors (Lipinski definition) is 3. The zero-order valence-corrected chi connectivity index (χ0v) is 8.30. The SMILES string of the molecule is CC(C)CNC(=O)[C@@H]1COCCN1. The second kappa shape index (κ2) is 5.19. The third kappa shape index (κ3) is 3.74. The highest BCUT2D eigenvalue weighted by molar-refractivity contribution is 5.81. The molecule has 1 rings (SSSR count). The van der Waals surface area contributed by atoms with Gasteiger partial charge < -0.3 is 15.4 Å². The van der Waals surface area contributed by atoms with Gasteiger partial charge in [-0.3, -0.25) is 4.79 Å². The Morgan fingerprint density at radius 1 is 1.69 bits per heavy atom. The average molecular weight is 186 g/mol. The molecule has 1 amide bonds. The monoisotopic (exact) mass is 186 g/mol. The van der Waals surface area contributed by atoms with Crippen LogP contribution in [0.1, 0.15) is 13.8 Å². The summed E-state index contributed by atoms with van der Waals surface area (Å²) in [6.07, 6.45) is 0. The van der Waals surface area contributed by atoms with Crippen LogP contribution in [0.2, 0.25) is 0 Å². The van der Waals surface area contributed by atoms with Gasteiger partial charge >= 0.3 is 0 Å². The molecule has 1 heterocycles. The van der Waals surface area contributed by atoms with Crippen LogP contribution in [0, 0.1) is 5.92 Å². The van der Waals surface area contributed by atoms with Crippen LogP contribution in [0.25, 0.3) is 0 Å². The molecule has 76 valence electrons. The second-order valence-electron chi connectivity index (χ2n) is 3.72. The maximum absolute atomic E-state index is 11.4. The second-order valence-corrected chi connectivity index (χ2v) is 3.72. The first-order valence-electron chi connectivity index (χ1n) is 4.79. The molecule has 0 aliphatic carbocycles. The summed E-state index contributed by atoms with van der Waals surface area (Å²) in [5, 5.41) is 5.98. The van der Waals surface area contributed by atoms with E-state index in [9.17, 15) is 4.79 Å². The van der Waals surface area contributed by atoms with Crippen LogP contribution in [0.3, 0.4) is 0 Å². The largest absolute Gasteiger partial charge is 0.378 e. The fourth-order valence-corrected chi connectivity index (χ4v) is 1.16. The molecule has 0 aromatic carbocycles. The molecule has 4 heteroatoms. The summed E-state index contributed by atoms with van der Waals surface area (Å²) < 4.78 is 5.19. The van der Waals surface area contributed by atoms with E-state index >= 15 is 0 Å². The number of carbonyl (C=O) groups is 1. The molecule has 0 saturated carbocycles. The Labute approximate surface area is 79.0 Å². The predicted molar refractivity (Wildman–Crippen MR) is 50.5 cm³/mol. The summed E-state index contributed by atoms with van der Waals surface area (Å²) in [7, 11) is 0. The zero-order valence-electron chi connectivity index (χ0n) is 8.30. The molecule has 0 radical (unpaired) electrons. The van der Waals surface area contributed by atoms with Crippen LogP contribution in [0.4, 0.5) is 0 Å². The lowest BCUT2D eigenvalue weighted by Crippen LogP contribution is -2.51. The average Bonchev–Trinajstić information content (AvgIpc) is 2.15. The van der Waals surface area contributed by atoms with Crippen LogP contribution in [-0.2, 0) is 9.53 Å². The normalized spacial score (nSPS) is 23.2. The Kier molecular flexibility index (Phi) is 4.18. The van der Waals surface area contributed by atoms with E-state index < -0.39 is 0 Å². The van der Waals surface area contributed by atoms with Gasteiger partial charge in [0.25, 0.3) is 0 Å². The molecule has 0 unspecified atom stereocenters. The van der Waals surface area contributed by atoms with Gasteiger partial charge in [-0.1, -0.05) is 13.8 Å². The van der Waals surface area contributed by atoms with Crippen LogP contribution in [-0.4, -0.2) is 38.3 Å². The molecule has 4 nitrogen and oxygen atoms in total. The van der Waals surface area contributed by atoms with Gasteiger partial charge in [0.2, 0.25) is 5.91 Å². The summed E-state index contributed by atoms with van der Waals surface area (Å²) in [5.41, 5.74) is 0. The standard InChI is InChI=1S/C9H18N2O2/c1-7(2)5-11-9(12)8-6-13-4-3-10-8/h7-8,10H,3-6H2,1-2H3,(H,11,12)/t8-/m0/s1. The summed E-state index contributed by atoms with van der Waals surface area (Å²) in [6.45, 7) is 6.84. The molecule has 1 aliphatic rings. The van der Waals surface area contributed by atoms with Crippen molar-refractivity contribution < 1.29 is 9.53 Å². The quantitative estimate of drug-likeness (QED) is 0.639. The zero-order chi connectivity index (χ0) is 9.68. The lowest BCUT2D eigenvalue weighted by molar-refractivity contribution is -0.126. The van der Waals surface area contributed by atoms with Gasteiger partial charge in [0.05, 0.1) is 13.2 Å². The van der Waals surface area contributed by atoms with E-state index in [0.717, 1.165) is 13.1 Å². The van der Waals surface area contributed by atoms with E-state index in [1.165, 1.54) is 0 Å². The fraction of sp³-hybridized carbons (Fsp3) is 0.889. The van der Waals surface area contributed by atoms with E-state index in [2.05, 4.69) is 24.5 Å². The summed E-state index contributed by atoms with van der Waals surface area (Å²) in [6, 6.07) is -0.160. The lowest BCUT2D eigenvalue weighted by Gasteiger charge is -2.23. The molecule has 1 atom stereocenters. The molecule has 1 aliphatic heterocycles. The van der Waals surface area contributed by atoms with Crippen LogP contribution < -0.4 is 10.6 Å². The Morgan fingerprint density at radius 2 is 2.46 bits per heavy atom. The van der Waals surface area contributed by atoms with Crippen molar-refractivity contribution in [1.29, 1.82) is 0 Å². The highest BCUT2D eigenvalue weighted by atomic mass is 16.5. The van der Waals surface area contributed by atoms with Gasteiger partial charge in [0, 0.05) is 13.1 Å². The Morgan fingerprint density at radius 3 is 3.00 bits per heavy atom. The van der Waals surface area contributed by atoms with Crippen molar-refractivity contribution in [3.8, 4) is 0 Å². The maximum Gasteiger partial charge on any atom is 0.239 e. The molecular formula is C9H18N2O2. The number of nitrogens with one attached hydrogen (secondary N) is 2. The van der Waals surface area contributed by atoms with E-state index in [0.29, 0.717) is 19.1 Å². The van der Waals surface area contributed by atoms with E-state index in [-0.39, 0.29) is 11.9 Å². The minimum atomic E-state index is -0.160. The van der Waals surface area contributed by atoms with Crippen molar-refractivity contribution >= 4 is 5.91 Å². The first-order valence-corrected chi connectivity index (χ1v) is 4.79. The Balaban J connectivity index is 2.21. The molecular weight excluding hydrogens is 168 g/mol. The van der Waals surface area contributed by atoms with Crippen molar-refractivity contribution in [3.63, 3.8) is 0 Å². The summed E-state index contributed by atoms with van der Waals surface area (Å²) in [4.78, 5) is 11.4. The number of carbonyl (C=O) groups excluding carboxylic acids is 1. The highest BCUT2D eigenvalue weighted by Crippen LogP contribution is 1.94. The van der Waals surface area contributed by atoms with Gasteiger partial charge in [-0.15, -0.1) is 0 Å². The minimum absolute atomic E-state index is 0.0494. The number of morpholine rings is 1. The van der Waals surface area contributed by atoms with Crippen LogP contribution >= 0.6 is 0 Å². The molecule has 2 N–H and O–H groups in total. The van der Waals surface area contributed by atoms with Crippen molar-refractivity contribution in [2.24, 2.45) is 5.92 Å². The smallest absolute Gasteiger partial charge is 0.239 e. The van der Waals surface area contributed by atoms with Crippen molar-refractivity contribution in [3.05, 3.63) is 0 Å². The maximum atomic E-state index is 11.4. The number of hydrogen-bond donors (Lipinski definition) is 2. The van der Waals surface area contributed by atoms with Gasteiger partial charge in [-0.05, 0) is 5.92 Å². The summed E-state index contributed by atoms with van der Waals surface area (Å²) in [5.74, 6) is 0.543.